The summed E-state index contributed by atoms with van der Waals surface area (Å²) >= 11 is 0. The van der Waals surface area contributed by atoms with E-state index >= 15 is 0 Å². The van der Waals surface area contributed by atoms with E-state index in [9.17, 15) is 13.2 Å². The maximum Gasteiger partial charge on any atom is 0.255 e. The molecule has 1 aromatic carbocycles. The highest BCUT2D eigenvalue weighted by Gasteiger charge is 2.11. The normalized spacial score (nSPS) is 11.3. The minimum Gasteiger partial charge on any atom is -0.372 e. The van der Waals surface area contributed by atoms with Gasteiger partial charge in [-0.05, 0) is 56.7 Å². The molecule has 0 fully saturated rings. The predicted octanol–water partition coefficient (Wildman–Crippen LogP) is 2.54. The Balaban J connectivity index is 2.13. The molecule has 8 heteroatoms. The molecular weight excluding hydrogens is 364 g/mol. The van der Waals surface area contributed by atoms with Gasteiger partial charge >= 0.3 is 0 Å². The Morgan fingerprint density at radius 1 is 1.15 bits per heavy atom. The summed E-state index contributed by atoms with van der Waals surface area (Å²) in [6, 6.07) is 9.11. The van der Waals surface area contributed by atoms with Gasteiger partial charge in [0.25, 0.3) is 5.91 Å². The van der Waals surface area contributed by atoms with Crippen LogP contribution in [0.1, 0.15) is 35.5 Å². The zero-order valence-corrected chi connectivity index (χ0v) is 16.9. The minimum atomic E-state index is -3.32. The first-order valence-electron chi connectivity index (χ1n) is 8.80. The van der Waals surface area contributed by atoms with Crippen LogP contribution in [0.5, 0.6) is 0 Å². The van der Waals surface area contributed by atoms with Crippen molar-refractivity contribution in [3.8, 4) is 0 Å². The second kappa shape index (κ2) is 8.96. The SMILES string of the molecule is CCN(CC)c1ccc(NC(=O)c2ccnc(CNS(C)(=O)=O)c2)c(C)c1. The number of amides is 1. The number of benzene rings is 1. The van der Waals surface area contributed by atoms with Crippen molar-refractivity contribution in [1.82, 2.24) is 9.71 Å². The summed E-state index contributed by atoms with van der Waals surface area (Å²) in [7, 11) is -3.32. The quantitative estimate of drug-likeness (QED) is 0.723. The van der Waals surface area contributed by atoms with Crippen molar-refractivity contribution in [1.29, 1.82) is 0 Å². The Kier molecular flexibility index (Phi) is 6.92. The molecule has 0 saturated heterocycles. The number of pyridine rings is 1. The van der Waals surface area contributed by atoms with Crippen LogP contribution in [-0.2, 0) is 16.6 Å². The summed E-state index contributed by atoms with van der Waals surface area (Å²) in [5, 5.41) is 2.90. The van der Waals surface area contributed by atoms with Crippen molar-refractivity contribution in [2.24, 2.45) is 0 Å². The largest absolute Gasteiger partial charge is 0.372 e. The Morgan fingerprint density at radius 2 is 1.85 bits per heavy atom. The van der Waals surface area contributed by atoms with Gasteiger partial charge in [-0.2, -0.15) is 0 Å². The van der Waals surface area contributed by atoms with Crippen molar-refractivity contribution in [3.05, 3.63) is 53.3 Å². The molecule has 2 aromatic rings. The van der Waals surface area contributed by atoms with Crippen LogP contribution in [0.15, 0.2) is 36.5 Å². The van der Waals surface area contributed by atoms with Gasteiger partial charge in [0.15, 0.2) is 0 Å². The smallest absolute Gasteiger partial charge is 0.255 e. The standard InChI is InChI=1S/C19H26N4O3S/c1-5-23(6-2)17-7-8-18(14(3)11-17)22-19(24)15-9-10-20-16(12-15)13-21-27(4,25)26/h7-12,21H,5-6,13H2,1-4H3,(H,22,24). The number of carbonyl (C=O) groups is 1. The van der Waals surface area contributed by atoms with Gasteiger partial charge in [-0.25, -0.2) is 13.1 Å². The van der Waals surface area contributed by atoms with E-state index in [-0.39, 0.29) is 12.5 Å². The fraction of sp³-hybridized carbons (Fsp3) is 0.368. The number of sulfonamides is 1. The van der Waals surface area contributed by atoms with Crippen LogP contribution in [0, 0.1) is 6.92 Å². The lowest BCUT2D eigenvalue weighted by Crippen LogP contribution is -2.22. The first-order chi connectivity index (χ1) is 12.7. The molecule has 0 radical (unpaired) electrons. The summed E-state index contributed by atoms with van der Waals surface area (Å²) in [5.74, 6) is -0.267. The molecular formula is C19H26N4O3S. The third-order valence-corrected chi connectivity index (χ3v) is 4.85. The molecule has 0 atom stereocenters. The van der Waals surface area contributed by atoms with Crippen LogP contribution < -0.4 is 14.9 Å². The lowest BCUT2D eigenvalue weighted by Gasteiger charge is -2.22. The first kappa shape index (κ1) is 20.9. The molecule has 146 valence electrons. The van der Waals surface area contributed by atoms with Crippen LogP contribution >= 0.6 is 0 Å². The second-order valence-electron chi connectivity index (χ2n) is 6.25. The van der Waals surface area contributed by atoms with Crippen LogP contribution in [0.2, 0.25) is 0 Å². The molecule has 0 aliphatic heterocycles. The molecule has 0 bridgehead atoms. The van der Waals surface area contributed by atoms with Crippen molar-refractivity contribution >= 4 is 27.3 Å². The maximum absolute atomic E-state index is 12.6. The van der Waals surface area contributed by atoms with Gasteiger partial charge in [0.1, 0.15) is 0 Å². The Labute approximate surface area is 160 Å². The van der Waals surface area contributed by atoms with Crippen molar-refractivity contribution in [3.63, 3.8) is 0 Å². The summed E-state index contributed by atoms with van der Waals surface area (Å²) in [6.07, 6.45) is 2.57. The maximum atomic E-state index is 12.6. The molecule has 2 rings (SSSR count). The molecule has 2 N–H and O–H groups in total. The molecule has 1 amide bonds. The average molecular weight is 391 g/mol. The van der Waals surface area contributed by atoms with Crippen LogP contribution in [0.25, 0.3) is 0 Å². The molecule has 0 aliphatic carbocycles. The van der Waals surface area contributed by atoms with E-state index < -0.39 is 10.0 Å². The van der Waals surface area contributed by atoms with E-state index in [1.54, 1.807) is 12.1 Å². The van der Waals surface area contributed by atoms with Crippen molar-refractivity contribution in [2.45, 2.75) is 27.3 Å². The summed E-state index contributed by atoms with van der Waals surface area (Å²) in [4.78, 5) is 18.9. The van der Waals surface area contributed by atoms with Crippen LogP contribution in [0.3, 0.4) is 0 Å². The molecule has 0 spiro atoms. The van der Waals surface area contributed by atoms with E-state index in [1.807, 2.05) is 19.1 Å². The van der Waals surface area contributed by atoms with Gasteiger partial charge in [0.2, 0.25) is 10.0 Å². The fourth-order valence-electron chi connectivity index (χ4n) is 2.69. The molecule has 27 heavy (non-hydrogen) atoms. The van der Waals surface area contributed by atoms with Gasteiger partial charge in [-0.3, -0.25) is 9.78 Å². The number of nitrogens with one attached hydrogen (secondary N) is 2. The van der Waals surface area contributed by atoms with E-state index in [0.717, 1.165) is 36.3 Å². The van der Waals surface area contributed by atoms with E-state index in [1.165, 1.54) is 6.20 Å². The van der Waals surface area contributed by atoms with Crippen molar-refractivity contribution < 1.29 is 13.2 Å². The zero-order chi connectivity index (χ0) is 20.0. The Bertz CT molecular complexity index is 909. The number of nitrogens with zero attached hydrogens (tertiary/aromatic N) is 2. The number of anilines is 2. The molecule has 1 aromatic heterocycles. The predicted molar refractivity (Wildman–Crippen MR) is 109 cm³/mol. The summed E-state index contributed by atoms with van der Waals surface area (Å²) in [6.45, 7) is 8.04. The van der Waals surface area contributed by atoms with Crippen LogP contribution in [-0.4, -0.2) is 38.7 Å². The number of hydrogen-bond donors (Lipinski definition) is 2. The lowest BCUT2D eigenvalue weighted by molar-refractivity contribution is 0.102. The monoisotopic (exact) mass is 390 g/mol. The van der Waals surface area contributed by atoms with Gasteiger partial charge in [0, 0.05) is 36.2 Å². The molecule has 0 unspecified atom stereocenters. The fourth-order valence-corrected chi connectivity index (χ4v) is 3.10. The highest BCUT2D eigenvalue weighted by molar-refractivity contribution is 7.88. The number of aromatic nitrogens is 1. The third-order valence-electron chi connectivity index (χ3n) is 4.18. The lowest BCUT2D eigenvalue weighted by atomic mass is 10.1. The highest BCUT2D eigenvalue weighted by atomic mass is 32.2. The highest BCUT2D eigenvalue weighted by Crippen LogP contribution is 2.23. The molecule has 1 heterocycles. The minimum absolute atomic E-state index is 0.0392. The number of rotatable bonds is 8. The number of hydrogen-bond acceptors (Lipinski definition) is 5. The molecule has 7 nitrogen and oxygen atoms in total. The van der Waals surface area contributed by atoms with Gasteiger partial charge in [-0.15, -0.1) is 0 Å². The van der Waals surface area contributed by atoms with E-state index in [0.29, 0.717) is 11.3 Å². The van der Waals surface area contributed by atoms with Gasteiger partial charge < -0.3 is 10.2 Å². The molecule has 0 aliphatic rings. The average Bonchev–Trinajstić information content (AvgIpc) is 2.63. The number of carbonyl (C=O) groups excluding carboxylic acids is 1. The third kappa shape index (κ3) is 6.04. The Hall–Kier alpha value is -2.45. The van der Waals surface area contributed by atoms with E-state index in [2.05, 4.69) is 39.8 Å². The van der Waals surface area contributed by atoms with Crippen molar-refractivity contribution in [2.75, 3.05) is 29.6 Å². The van der Waals surface area contributed by atoms with Crippen LogP contribution in [0.4, 0.5) is 11.4 Å². The molecule has 0 saturated carbocycles. The summed E-state index contributed by atoms with van der Waals surface area (Å²) in [5.41, 5.74) is 3.72. The second-order valence-corrected chi connectivity index (χ2v) is 8.09. The zero-order valence-electron chi connectivity index (χ0n) is 16.1. The van der Waals surface area contributed by atoms with Gasteiger partial charge in [-0.1, -0.05) is 0 Å². The Morgan fingerprint density at radius 3 is 2.44 bits per heavy atom. The first-order valence-corrected chi connectivity index (χ1v) is 10.7. The number of aryl methyl sites for hydroxylation is 1. The summed E-state index contributed by atoms with van der Waals surface area (Å²) < 4.78 is 24.8. The van der Waals surface area contributed by atoms with E-state index in [4.69, 9.17) is 0 Å². The topological polar surface area (TPSA) is 91.4 Å². The van der Waals surface area contributed by atoms with Gasteiger partial charge in [0.05, 0.1) is 18.5 Å².